The minimum atomic E-state index is -3.40. The molecule has 0 unspecified atom stereocenters. The Balaban J connectivity index is 1.58. The second-order valence-electron chi connectivity index (χ2n) is 7.60. The van der Waals surface area contributed by atoms with Crippen LogP contribution in [0.3, 0.4) is 0 Å². The van der Waals surface area contributed by atoms with E-state index in [0.717, 1.165) is 40.2 Å². The molecule has 4 aromatic rings. The number of rotatable bonds is 7. The molecule has 33 heavy (non-hydrogen) atoms. The summed E-state index contributed by atoms with van der Waals surface area (Å²) in [4.78, 5) is 7.82. The molecule has 170 valence electrons. The number of benzene rings is 3. The Kier molecular flexibility index (Phi) is 5.96. The van der Waals surface area contributed by atoms with Gasteiger partial charge in [0.15, 0.2) is 0 Å². The number of H-pyrrole nitrogens is 1. The lowest BCUT2D eigenvalue weighted by molar-refractivity contribution is 0.605. The van der Waals surface area contributed by atoms with Crippen LogP contribution in [0.5, 0.6) is 0 Å². The highest BCUT2D eigenvalue weighted by Crippen LogP contribution is 2.30. The fourth-order valence-corrected chi connectivity index (χ4v) is 4.49. The highest BCUT2D eigenvalue weighted by molar-refractivity contribution is 7.92. The zero-order valence-electron chi connectivity index (χ0n) is 17.9. The van der Waals surface area contributed by atoms with Gasteiger partial charge in [0.25, 0.3) is 0 Å². The molecule has 4 rings (SSSR count). The Morgan fingerprint density at radius 1 is 0.818 bits per heavy atom. The summed E-state index contributed by atoms with van der Waals surface area (Å²) in [6.45, 7) is 0. The lowest BCUT2D eigenvalue weighted by atomic mass is 10.0. The topological polar surface area (TPSA) is 121 Å². The van der Waals surface area contributed by atoms with Gasteiger partial charge in [-0.3, -0.25) is 9.44 Å². The van der Waals surface area contributed by atoms with Crippen molar-refractivity contribution in [2.24, 2.45) is 0 Å². The molecule has 3 N–H and O–H groups in total. The molecule has 8 nitrogen and oxygen atoms in total. The maximum absolute atomic E-state index is 11.7. The normalized spacial score (nSPS) is 12.3. The summed E-state index contributed by atoms with van der Waals surface area (Å²) >= 11 is 0. The van der Waals surface area contributed by atoms with E-state index in [4.69, 9.17) is 0 Å². The van der Waals surface area contributed by atoms with E-state index < -0.39 is 20.0 Å². The van der Waals surface area contributed by atoms with Gasteiger partial charge < -0.3 is 4.98 Å². The molecule has 0 fully saturated rings. The number of hydrogen-bond donors (Lipinski definition) is 3. The maximum Gasteiger partial charge on any atom is 0.229 e. The van der Waals surface area contributed by atoms with Gasteiger partial charge in [-0.1, -0.05) is 42.5 Å². The van der Waals surface area contributed by atoms with E-state index >= 15 is 0 Å². The molecule has 0 bridgehead atoms. The molecule has 0 saturated carbocycles. The highest BCUT2D eigenvalue weighted by atomic mass is 32.2. The first-order chi connectivity index (χ1) is 15.6. The van der Waals surface area contributed by atoms with Crippen LogP contribution < -0.4 is 9.44 Å². The van der Waals surface area contributed by atoms with Crippen LogP contribution in [0, 0.1) is 0 Å². The number of fused-ring (bicyclic) bond motifs is 1. The van der Waals surface area contributed by atoms with Gasteiger partial charge in [0, 0.05) is 11.3 Å². The third-order valence-electron chi connectivity index (χ3n) is 4.68. The van der Waals surface area contributed by atoms with E-state index in [1.807, 2.05) is 42.5 Å². The van der Waals surface area contributed by atoms with Crippen molar-refractivity contribution in [3.8, 4) is 11.1 Å². The number of aromatic amines is 1. The van der Waals surface area contributed by atoms with Gasteiger partial charge in [-0.2, -0.15) is 0 Å². The summed E-state index contributed by atoms with van der Waals surface area (Å²) in [5.41, 5.74) is 5.09. The predicted molar refractivity (Wildman–Crippen MR) is 134 cm³/mol. The quantitative estimate of drug-likeness (QED) is 0.365. The van der Waals surface area contributed by atoms with Crippen LogP contribution in [-0.2, 0) is 20.0 Å². The Bertz CT molecular complexity index is 1560. The molecular formula is C23H22N4O4S2. The van der Waals surface area contributed by atoms with Crippen molar-refractivity contribution in [2.75, 3.05) is 22.0 Å². The number of hydrogen-bond acceptors (Lipinski definition) is 5. The summed E-state index contributed by atoms with van der Waals surface area (Å²) in [7, 11) is -6.72. The molecule has 0 aliphatic heterocycles. The third kappa shape index (κ3) is 5.99. The van der Waals surface area contributed by atoms with Gasteiger partial charge in [-0.25, -0.2) is 21.8 Å². The summed E-state index contributed by atoms with van der Waals surface area (Å²) < 4.78 is 51.0. The third-order valence-corrected chi connectivity index (χ3v) is 5.88. The molecule has 0 saturated heterocycles. The Hall–Kier alpha value is -3.63. The van der Waals surface area contributed by atoms with Gasteiger partial charge in [0.1, 0.15) is 5.82 Å². The monoisotopic (exact) mass is 482 g/mol. The molecule has 0 aliphatic rings. The average molecular weight is 483 g/mol. The van der Waals surface area contributed by atoms with Crippen molar-refractivity contribution in [2.45, 2.75) is 0 Å². The fourth-order valence-electron chi connectivity index (χ4n) is 3.35. The number of imidazole rings is 1. The standard InChI is InChI=1S/C23H22N4O4S2/c1-32(28,29)26-18-11-7-16(8-12-18)9-14-23-24-21-13-10-17(15-22(21)25-23)19-5-3-4-6-20(19)27-33(2,30)31/h3-15,26-27H,1-2H3,(H,24,25). The van der Waals surface area contributed by atoms with E-state index in [9.17, 15) is 16.8 Å². The van der Waals surface area contributed by atoms with Crippen LogP contribution in [0.25, 0.3) is 34.3 Å². The van der Waals surface area contributed by atoms with Crippen molar-refractivity contribution >= 4 is 54.6 Å². The molecule has 0 radical (unpaired) electrons. The minimum Gasteiger partial charge on any atom is -0.338 e. The SMILES string of the molecule is CS(=O)(=O)Nc1ccc(C=Cc2nc3ccc(-c4ccccc4NS(C)(=O)=O)cc3[nH]2)cc1. The minimum absolute atomic E-state index is 0.497. The largest absolute Gasteiger partial charge is 0.338 e. The van der Waals surface area contributed by atoms with Crippen LogP contribution in [0.2, 0.25) is 0 Å². The van der Waals surface area contributed by atoms with E-state index in [2.05, 4.69) is 19.4 Å². The molecule has 0 aliphatic carbocycles. The van der Waals surface area contributed by atoms with Gasteiger partial charge in [0.05, 0.1) is 29.2 Å². The van der Waals surface area contributed by atoms with Crippen LogP contribution >= 0.6 is 0 Å². The number of aromatic nitrogens is 2. The zero-order chi connectivity index (χ0) is 23.6. The maximum atomic E-state index is 11.7. The zero-order valence-corrected chi connectivity index (χ0v) is 19.5. The first kappa shape index (κ1) is 22.6. The van der Waals surface area contributed by atoms with Crippen molar-refractivity contribution in [3.05, 3.63) is 78.1 Å². The Labute approximate surface area is 192 Å². The predicted octanol–water partition coefficient (Wildman–Crippen LogP) is 4.14. The van der Waals surface area contributed by atoms with Gasteiger partial charge in [0.2, 0.25) is 20.0 Å². The smallest absolute Gasteiger partial charge is 0.229 e. The number of nitrogens with zero attached hydrogens (tertiary/aromatic N) is 1. The van der Waals surface area contributed by atoms with E-state index in [1.165, 1.54) is 0 Å². The highest BCUT2D eigenvalue weighted by Gasteiger charge is 2.10. The summed E-state index contributed by atoms with van der Waals surface area (Å²) in [5.74, 6) is 0.656. The Morgan fingerprint density at radius 2 is 1.52 bits per heavy atom. The second-order valence-corrected chi connectivity index (χ2v) is 11.1. The lowest BCUT2D eigenvalue weighted by Gasteiger charge is -2.10. The van der Waals surface area contributed by atoms with Crippen LogP contribution in [0.15, 0.2) is 66.7 Å². The summed E-state index contributed by atoms with van der Waals surface area (Å²) in [5, 5.41) is 0. The molecule has 0 amide bonds. The first-order valence-corrected chi connectivity index (χ1v) is 13.7. The van der Waals surface area contributed by atoms with Crippen LogP contribution in [0.4, 0.5) is 11.4 Å². The van der Waals surface area contributed by atoms with Crippen molar-refractivity contribution in [3.63, 3.8) is 0 Å². The van der Waals surface area contributed by atoms with Gasteiger partial charge >= 0.3 is 0 Å². The first-order valence-electron chi connectivity index (χ1n) is 9.89. The van der Waals surface area contributed by atoms with E-state index in [-0.39, 0.29) is 0 Å². The fraction of sp³-hybridized carbons (Fsp3) is 0.0870. The van der Waals surface area contributed by atoms with E-state index in [0.29, 0.717) is 17.2 Å². The molecule has 10 heteroatoms. The van der Waals surface area contributed by atoms with Gasteiger partial charge in [-0.15, -0.1) is 0 Å². The number of anilines is 2. The number of sulfonamides is 2. The molecule has 0 atom stereocenters. The molecular weight excluding hydrogens is 460 g/mol. The molecule has 1 aromatic heterocycles. The lowest BCUT2D eigenvalue weighted by Crippen LogP contribution is -2.10. The van der Waals surface area contributed by atoms with Gasteiger partial charge in [-0.05, 0) is 47.5 Å². The van der Waals surface area contributed by atoms with Crippen molar-refractivity contribution < 1.29 is 16.8 Å². The number of nitrogens with one attached hydrogen (secondary N) is 3. The summed E-state index contributed by atoms with van der Waals surface area (Å²) in [6, 6.07) is 19.9. The molecule has 0 spiro atoms. The van der Waals surface area contributed by atoms with Crippen molar-refractivity contribution in [1.82, 2.24) is 9.97 Å². The molecule has 3 aromatic carbocycles. The van der Waals surface area contributed by atoms with E-state index in [1.54, 1.807) is 36.4 Å². The molecule has 1 heterocycles. The van der Waals surface area contributed by atoms with Crippen LogP contribution in [0.1, 0.15) is 11.4 Å². The summed E-state index contributed by atoms with van der Waals surface area (Å²) in [6.07, 6.45) is 5.93. The van der Waals surface area contributed by atoms with Crippen LogP contribution in [-0.4, -0.2) is 39.3 Å². The Morgan fingerprint density at radius 3 is 2.21 bits per heavy atom. The second kappa shape index (κ2) is 8.72. The average Bonchev–Trinajstić information content (AvgIpc) is 3.13. The number of para-hydroxylation sites is 1. The van der Waals surface area contributed by atoms with Crippen molar-refractivity contribution in [1.29, 1.82) is 0 Å².